The number of ether oxygens (including phenoxy) is 1. The van der Waals surface area contributed by atoms with Crippen molar-refractivity contribution in [2.45, 2.75) is 6.92 Å². The maximum absolute atomic E-state index is 12.2. The van der Waals surface area contributed by atoms with E-state index in [2.05, 4.69) is 5.32 Å². The van der Waals surface area contributed by atoms with E-state index >= 15 is 0 Å². The number of rotatable bonds is 4. The van der Waals surface area contributed by atoms with Crippen molar-refractivity contribution in [2.24, 2.45) is 0 Å². The Morgan fingerprint density at radius 2 is 2.05 bits per heavy atom. The molecule has 0 aliphatic heterocycles. The van der Waals surface area contributed by atoms with Gasteiger partial charge in [0, 0.05) is 5.69 Å². The number of para-hydroxylation sites is 1. The summed E-state index contributed by atoms with van der Waals surface area (Å²) in [6.45, 7) is 2.36. The van der Waals surface area contributed by atoms with Crippen LogP contribution in [0.25, 0.3) is 0 Å². The Hall–Kier alpha value is -2.80. The molecule has 0 aliphatic carbocycles. The van der Waals surface area contributed by atoms with E-state index in [-0.39, 0.29) is 5.91 Å². The molecule has 2 rings (SSSR count). The molecule has 0 saturated heterocycles. The van der Waals surface area contributed by atoms with Gasteiger partial charge in [0.25, 0.3) is 5.91 Å². The van der Waals surface area contributed by atoms with Crippen molar-refractivity contribution in [2.75, 3.05) is 11.9 Å². The Labute approximate surface area is 117 Å². The quantitative estimate of drug-likeness (QED) is 0.924. The second kappa shape index (κ2) is 6.39. The number of nitriles is 1. The number of hydrogen-bond acceptors (Lipinski definition) is 3. The van der Waals surface area contributed by atoms with Crippen LogP contribution in [-0.2, 0) is 0 Å². The summed E-state index contributed by atoms with van der Waals surface area (Å²) >= 11 is 0. The monoisotopic (exact) mass is 266 g/mol. The summed E-state index contributed by atoms with van der Waals surface area (Å²) in [6.07, 6.45) is 0. The highest BCUT2D eigenvalue weighted by atomic mass is 16.5. The first-order valence-corrected chi connectivity index (χ1v) is 6.28. The van der Waals surface area contributed by atoms with E-state index in [1.54, 1.807) is 42.5 Å². The summed E-state index contributed by atoms with van der Waals surface area (Å²) in [5.74, 6) is 0.285. The number of amides is 1. The molecule has 0 aromatic heterocycles. The van der Waals surface area contributed by atoms with Gasteiger partial charge in [-0.3, -0.25) is 4.79 Å². The van der Waals surface area contributed by atoms with Crippen LogP contribution in [0.2, 0.25) is 0 Å². The lowest BCUT2D eigenvalue weighted by molar-refractivity contribution is 0.102. The number of nitrogens with zero attached hydrogens (tertiary/aromatic N) is 1. The topological polar surface area (TPSA) is 62.1 Å². The average Bonchev–Trinajstić information content (AvgIpc) is 2.48. The summed E-state index contributed by atoms with van der Waals surface area (Å²) in [7, 11) is 0. The first-order chi connectivity index (χ1) is 9.74. The van der Waals surface area contributed by atoms with Gasteiger partial charge >= 0.3 is 0 Å². The molecule has 0 atom stereocenters. The zero-order chi connectivity index (χ0) is 14.4. The molecule has 100 valence electrons. The molecule has 0 fully saturated rings. The van der Waals surface area contributed by atoms with Crippen molar-refractivity contribution < 1.29 is 9.53 Å². The Bertz CT molecular complexity index is 660. The van der Waals surface area contributed by atoms with Gasteiger partial charge in [-0.15, -0.1) is 0 Å². The number of hydrogen-bond donors (Lipinski definition) is 1. The van der Waals surface area contributed by atoms with Crippen LogP contribution in [-0.4, -0.2) is 12.5 Å². The maximum atomic E-state index is 12.2. The molecule has 4 heteroatoms. The molecule has 0 heterocycles. The Kier molecular flexibility index (Phi) is 4.35. The zero-order valence-corrected chi connectivity index (χ0v) is 11.1. The Morgan fingerprint density at radius 1 is 1.25 bits per heavy atom. The minimum Gasteiger partial charge on any atom is -0.493 e. The molecule has 0 bridgehead atoms. The van der Waals surface area contributed by atoms with Crippen LogP contribution >= 0.6 is 0 Å². The van der Waals surface area contributed by atoms with Crippen LogP contribution in [0.15, 0.2) is 48.5 Å². The van der Waals surface area contributed by atoms with Gasteiger partial charge in [0.05, 0.1) is 23.8 Å². The fraction of sp³-hybridized carbons (Fsp3) is 0.125. The van der Waals surface area contributed by atoms with E-state index in [0.29, 0.717) is 29.2 Å². The molecule has 2 aromatic carbocycles. The number of benzene rings is 2. The minimum absolute atomic E-state index is 0.260. The van der Waals surface area contributed by atoms with Crippen LogP contribution in [0.4, 0.5) is 5.69 Å². The molecule has 0 spiro atoms. The third-order valence-electron chi connectivity index (χ3n) is 2.68. The van der Waals surface area contributed by atoms with Gasteiger partial charge in [-0.2, -0.15) is 5.26 Å². The van der Waals surface area contributed by atoms with E-state index in [0.717, 1.165) is 0 Å². The highest BCUT2D eigenvalue weighted by Gasteiger charge is 2.12. The van der Waals surface area contributed by atoms with Crippen molar-refractivity contribution in [3.8, 4) is 11.8 Å². The molecule has 0 saturated carbocycles. The summed E-state index contributed by atoms with van der Waals surface area (Å²) < 4.78 is 5.43. The Morgan fingerprint density at radius 3 is 2.80 bits per heavy atom. The summed E-state index contributed by atoms with van der Waals surface area (Å²) in [6, 6.07) is 15.9. The van der Waals surface area contributed by atoms with Gasteiger partial charge in [-0.05, 0) is 37.3 Å². The lowest BCUT2D eigenvalue weighted by Crippen LogP contribution is -2.13. The third-order valence-corrected chi connectivity index (χ3v) is 2.68. The van der Waals surface area contributed by atoms with Crippen LogP contribution < -0.4 is 10.1 Å². The van der Waals surface area contributed by atoms with E-state index in [1.165, 1.54) is 0 Å². The summed E-state index contributed by atoms with van der Waals surface area (Å²) in [4.78, 5) is 12.2. The lowest BCUT2D eigenvalue weighted by Gasteiger charge is -2.10. The van der Waals surface area contributed by atoms with Gasteiger partial charge in [0.1, 0.15) is 5.75 Å². The summed E-state index contributed by atoms with van der Waals surface area (Å²) in [5.41, 5.74) is 1.55. The molecular formula is C16H14N2O2. The standard InChI is InChI=1S/C16H14N2O2/c1-2-20-15-9-4-3-8-14(15)16(19)18-13-7-5-6-12(10-13)11-17/h3-10H,2H2,1H3,(H,18,19). The molecular weight excluding hydrogens is 252 g/mol. The predicted molar refractivity (Wildman–Crippen MR) is 76.7 cm³/mol. The highest BCUT2D eigenvalue weighted by Crippen LogP contribution is 2.20. The van der Waals surface area contributed by atoms with Crippen LogP contribution in [0.5, 0.6) is 5.75 Å². The normalized spacial score (nSPS) is 9.60. The van der Waals surface area contributed by atoms with Gasteiger partial charge in [0.2, 0.25) is 0 Å². The second-order valence-electron chi connectivity index (χ2n) is 4.08. The van der Waals surface area contributed by atoms with Crippen molar-refractivity contribution in [1.29, 1.82) is 5.26 Å². The lowest BCUT2D eigenvalue weighted by atomic mass is 10.1. The fourth-order valence-corrected chi connectivity index (χ4v) is 1.80. The van der Waals surface area contributed by atoms with Crippen molar-refractivity contribution in [3.05, 3.63) is 59.7 Å². The molecule has 4 nitrogen and oxygen atoms in total. The van der Waals surface area contributed by atoms with Gasteiger partial charge in [-0.25, -0.2) is 0 Å². The molecule has 0 aliphatic rings. The first kappa shape index (κ1) is 13.6. The largest absolute Gasteiger partial charge is 0.493 e. The molecule has 1 N–H and O–H groups in total. The van der Waals surface area contributed by atoms with Gasteiger partial charge < -0.3 is 10.1 Å². The first-order valence-electron chi connectivity index (χ1n) is 6.28. The molecule has 0 unspecified atom stereocenters. The number of nitrogens with one attached hydrogen (secondary N) is 1. The van der Waals surface area contributed by atoms with E-state index in [1.807, 2.05) is 19.1 Å². The zero-order valence-electron chi connectivity index (χ0n) is 11.1. The maximum Gasteiger partial charge on any atom is 0.259 e. The van der Waals surface area contributed by atoms with Crippen molar-refractivity contribution in [3.63, 3.8) is 0 Å². The number of anilines is 1. The van der Waals surface area contributed by atoms with E-state index < -0.39 is 0 Å². The van der Waals surface area contributed by atoms with Gasteiger partial charge in [0.15, 0.2) is 0 Å². The fourth-order valence-electron chi connectivity index (χ4n) is 1.80. The smallest absolute Gasteiger partial charge is 0.259 e. The number of carbonyl (C=O) groups excluding carboxylic acids is 1. The van der Waals surface area contributed by atoms with Crippen LogP contribution in [0.3, 0.4) is 0 Å². The third kappa shape index (κ3) is 3.15. The van der Waals surface area contributed by atoms with Gasteiger partial charge in [-0.1, -0.05) is 18.2 Å². The predicted octanol–water partition coefficient (Wildman–Crippen LogP) is 3.21. The Balaban J connectivity index is 2.22. The number of carbonyl (C=O) groups is 1. The molecule has 20 heavy (non-hydrogen) atoms. The SMILES string of the molecule is CCOc1ccccc1C(=O)Nc1cccc(C#N)c1. The van der Waals surface area contributed by atoms with Crippen LogP contribution in [0, 0.1) is 11.3 Å². The second-order valence-corrected chi connectivity index (χ2v) is 4.08. The van der Waals surface area contributed by atoms with Crippen molar-refractivity contribution >= 4 is 11.6 Å². The molecule has 1 amide bonds. The highest BCUT2D eigenvalue weighted by molar-refractivity contribution is 6.06. The van der Waals surface area contributed by atoms with E-state index in [4.69, 9.17) is 10.00 Å². The van der Waals surface area contributed by atoms with E-state index in [9.17, 15) is 4.79 Å². The molecule has 2 aromatic rings. The summed E-state index contributed by atoms with van der Waals surface area (Å²) in [5, 5.41) is 11.6. The van der Waals surface area contributed by atoms with Crippen LogP contribution in [0.1, 0.15) is 22.8 Å². The molecule has 0 radical (unpaired) electrons. The van der Waals surface area contributed by atoms with Crippen molar-refractivity contribution in [1.82, 2.24) is 0 Å². The average molecular weight is 266 g/mol. The minimum atomic E-state index is -0.260.